The van der Waals surface area contributed by atoms with Gasteiger partial charge in [0.05, 0.1) is 11.0 Å². The molecule has 2 fully saturated rings. The molecule has 0 aromatic heterocycles. The SMILES string of the molecule is CN1CCC2(CC1)C(=O)NCC2c1ccccc1C(F)(F)F. The van der Waals surface area contributed by atoms with Crippen molar-refractivity contribution >= 4 is 5.91 Å². The van der Waals surface area contributed by atoms with E-state index < -0.39 is 23.1 Å². The Labute approximate surface area is 127 Å². The molecule has 120 valence electrons. The van der Waals surface area contributed by atoms with Crippen LogP contribution in [0.5, 0.6) is 0 Å². The van der Waals surface area contributed by atoms with Crippen LogP contribution in [-0.4, -0.2) is 37.5 Å². The van der Waals surface area contributed by atoms with Crippen molar-refractivity contribution in [1.29, 1.82) is 0 Å². The third-order valence-corrected chi connectivity index (χ3v) is 5.11. The van der Waals surface area contributed by atoms with E-state index in [4.69, 9.17) is 0 Å². The number of hydrogen-bond acceptors (Lipinski definition) is 2. The summed E-state index contributed by atoms with van der Waals surface area (Å²) in [5, 5.41) is 2.80. The van der Waals surface area contributed by atoms with Crippen LogP contribution in [0.3, 0.4) is 0 Å². The first kappa shape index (κ1) is 15.3. The van der Waals surface area contributed by atoms with E-state index in [1.165, 1.54) is 12.1 Å². The lowest BCUT2D eigenvalue weighted by atomic mass is 9.67. The highest BCUT2D eigenvalue weighted by atomic mass is 19.4. The summed E-state index contributed by atoms with van der Waals surface area (Å²) in [6.45, 7) is 1.76. The first-order valence-electron chi connectivity index (χ1n) is 7.47. The Balaban J connectivity index is 2.03. The summed E-state index contributed by atoms with van der Waals surface area (Å²) >= 11 is 0. The lowest BCUT2D eigenvalue weighted by Gasteiger charge is -2.40. The second-order valence-electron chi connectivity index (χ2n) is 6.31. The number of piperidine rings is 1. The maximum atomic E-state index is 13.3. The Morgan fingerprint density at radius 2 is 1.86 bits per heavy atom. The molecule has 1 N–H and O–H groups in total. The molecule has 0 saturated carbocycles. The third-order valence-electron chi connectivity index (χ3n) is 5.11. The minimum absolute atomic E-state index is 0.0948. The van der Waals surface area contributed by atoms with Crippen LogP contribution in [0.15, 0.2) is 24.3 Å². The quantitative estimate of drug-likeness (QED) is 0.864. The van der Waals surface area contributed by atoms with Gasteiger partial charge in [-0.15, -0.1) is 0 Å². The van der Waals surface area contributed by atoms with E-state index in [1.807, 2.05) is 7.05 Å². The van der Waals surface area contributed by atoms with Gasteiger partial charge in [-0.25, -0.2) is 0 Å². The third kappa shape index (κ3) is 2.39. The van der Waals surface area contributed by atoms with E-state index in [9.17, 15) is 18.0 Å². The highest BCUT2D eigenvalue weighted by molar-refractivity contribution is 5.86. The summed E-state index contributed by atoms with van der Waals surface area (Å²) in [5.74, 6) is -0.505. The molecule has 2 aliphatic heterocycles. The summed E-state index contributed by atoms with van der Waals surface area (Å²) in [4.78, 5) is 14.5. The van der Waals surface area contributed by atoms with Crippen molar-refractivity contribution in [3.8, 4) is 0 Å². The van der Waals surface area contributed by atoms with Crippen molar-refractivity contribution in [2.75, 3.05) is 26.7 Å². The smallest absolute Gasteiger partial charge is 0.355 e. The number of hydrogen-bond donors (Lipinski definition) is 1. The van der Waals surface area contributed by atoms with Crippen molar-refractivity contribution in [2.24, 2.45) is 5.41 Å². The predicted octanol–water partition coefficient (Wildman–Crippen LogP) is 2.63. The summed E-state index contributed by atoms with van der Waals surface area (Å²) < 4.78 is 39.9. The van der Waals surface area contributed by atoms with E-state index >= 15 is 0 Å². The molecule has 1 spiro atoms. The van der Waals surface area contributed by atoms with Crippen molar-refractivity contribution < 1.29 is 18.0 Å². The lowest BCUT2D eigenvalue weighted by Crippen LogP contribution is -2.44. The Morgan fingerprint density at radius 3 is 2.50 bits per heavy atom. The Kier molecular flexibility index (Phi) is 3.67. The van der Waals surface area contributed by atoms with Crippen LogP contribution in [0.4, 0.5) is 13.2 Å². The van der Waals surface area contributed by atoms with Crippen molar-refractivity contribution in [3.05, 3.63) is 35.4 Å². The van der Waals surface area contributed by atoms with Crippen LogP contribution < -0.4 is 5.32 Å². The Hall–Kier alpha value is -1.56. The topological polar surface area (TPSA) is 32.3 Å². The molecule has 1 amide bonds. The number of alkyl halides is 3. The van der Waals surface area contributed by atoms with Crippen LogP contribution in [0.1, 0.15) is 29.9 Å². The minimum Gasteiger partial charge on any atom is -0.355 e. The summed E-state index contributed by atoms with van der Waals surface area (Å²) in [6, 6.07) is 5.66. The number of halogens is 3. The number of likely N-dealkylation sites (tertiary alicyclic amines) is 1. The molecule has 1 atom stereocenters. The summed E-state index contributed by atoms with van der Waals surface area (Å²) in [5.41, 5.74) is -1.07. The first-order chi connectivity index (χ1) is 10.3. The molecule has 1 aromatic rings. The molecule has 22 heavy (non-hydrogen) atoms. The number of nitrogens with one attached hydrogen (secondary N) is 1. The van der Waals surface area contributed by atoms with Gasteiger partial charge < -0.3 is 10.2 Å². The van der Waals surface area contributed by atoms with E-state index in [0.29, 0.717) is 12.8 Å². The number of amides is 1. The standard InChI is InChI=1S/C16H19F3N2O/c1-21-8-6-15(7-9-21)13(10-20-14(15)22)11-4-2-3-5-12(11)16(17,18)19/h2-5,13H,6-10H2,1H3,(H,20,22). The van der Waals surface area contributed by atoms with Gasteiger partial charge in [-0.1, -0.05) is 18.2 Å². The monoisotopic (exact) mass is 312 g/mol. The molecular weight excluding hydrogens is 293 g/mol. The fraction of sp³-hybridized carbons (Fsp3) is 0.562. The van der Waals surface area contributed by atoms with E-state index in [0.717, 1.165) is 19.2 Å². The van der Waals surface area contributed by atoms with Crippen molar-refractivity contribution in [2.45, 2.75) is 24.9 Å². The van der Waals surface area contributed by atoms with Gasteiger partial charge in [-0.2, -0.15) is 13.2 Å². The highest BCUT2D eigenvalue weighted by Gasteiger charge is 2.53. The summed E-state index contributed by atoms with van der Waals surface area (Å²) in [6.07, 6.45) is -3.19. The van der Waals surface area contributed by atoms with Gasteiger partial charge in [0.25, 0.3) is 0 Å². The number of rotatable bonds is 1. The van der Waals surface area contributed by atoms with E-state index in [1.54, 1.807) is 6.07 Å². The average molecular weight is 312 g/mol. The van der Waals surface area contributed by atoms with Gasteiger partial charge in [-0.05, 0) is 44.6 Å². The molecule has 3 nitrogen and oxygen atoms in total. The fourth-order valence-electron chi connectivity index (χ4n) is 3.78. The molecule has 0 bridgehead atoms. The molecule has 0 aliphatic carbocycles. The maximum absolute atomic E-state index is 13.3. The first-order valence-corrected chi connectivity index (χ1v) is 7.47. The molecule has 6 heteroatoms. The number of carbonyl (C=O) groups is 1. The number of carbonyl (C=O) groups excluding carboxylic acids is 1. The second kappa shape index (κ2) is 5.26. The zero-order valence-corrected chi connectivity index (χ0v) is 12.4. The normalized spacial score (nSPS) is 25.5. The highest BCUT2D eigenvalue weighted by Crippen LogP contribution is 2.50. The van der Waals surface area contributed by atoms with Gasteiger partial charge in [-0.3, -0.25) is 4.79 Å². The zero-order valence-electron chi connectivity index (χ0n) is 12.4. The molecule has 1 unspecified atom stereocenters. The van der Waals surface area contributed by atoms with Gasteiger partial charge in [0.15, 0.2) is 0 Å². The molecule has 0 radical (unpaired) electrons. The fourth-order valence-corrected chi connectivity index (χ4v) is 3.78. The average Bonchev–Trinajstić information content (AvgIpc) is 2.78. The van der Waals surface area contributed by atoms with Crippen LogP contribution in [0.25, 0.3) is 0 Å². The molecule has 1 aromatic carbocycles. The van der Waals surface area contributed by atoms with Crippen LogP contribution in [0.2, 0.25) is 0 Å². The molecule has 3 rings (SSSR count). The minimum atomic E-state index is -4.39. The van der Waals surface area contributed by atoms with Crippen LogP contribution in [-0.2, 0) is 11.0 Å². The van der Waals surface area contributed by atoms with Crippen LogP contribution in [0, 0.1) is 5.41 Å². The van der Waals surface area contributed by atoms with Crippen molar-refractivity contribution in [3.63, 3.8) is 0 Å². The van der Waals surface area contributed by atoms with E-state index in [2.05, 4.69) is 10.2 Å². The van der Waals surface area contributed by atoms with Crippen LogP contribution >= 0.6 is 0 Å². The molecule has 2 aliphatic rings. The largest absolute Gasteiger partial charge is 0.416 e. The molecule has 2 saturated heterocycles. The number of nitrogens with zero attached hydrogens (tertiary/aromatic N) is 1. The maximum Gasteiger partial charge on any atom is 0.416 e. The van der Waals surface area contributed by atoms with Gasteiger partial charge in [0.1, 0.15) is 0 Å². The van der Waals surface area contributed by atoms with E-state index in [-0.39, 0.29) is 18.0 Å². The summed E-state index contributed by atoms with van der Waals surface area (Å²) in [7, 11) is 1.97. The second-order valence-corrected chi connectivity index (χ2v) is 6.31. The van der Waals surface area contributed by atoms with Gasteiger partial charge >= 0.3 is 6.18 Å². The van der Waals surface area contributed by atoms with Crippen molar-refractivity contribution in [1.82, 2.24) is 10.2 Å². The predicted molar refractivity (Wildman–Crippen MR) is 76.4 cm³/mol. The Bertz CT molecular complexity index is 577. The Morgan fingerprint density at radius 1 is 1.23 bits per heavy atom. The number of benzene rings is 1. The molecular formula is C16H19F3N2O. The lowest BCUT2D eigenvalue weighted by molar-refractivity contribution is -0.139. The van der Waals surface area contributed by atoms with Gasteiger partial charge in [0.2, 0.25) is 5.91 Å². The molecule has 2 heterocycles. The zero-order chi connectivity index (χ0) is 16.0. The van der Waals surface area contributed by atoms with Gasteiger partial charge in [0, 0.05) is 12.5 Å².